The van der Waals surface area contributed by atoms with Gasteiger partial charge in [-0.2, -0.15) is 0 Å². The summed E-state index contributed by atoms with van der Waals surface area (Å²) < 4.78 is 1.87. The first-order valence-corrected chi connectivity index (χ1v) is 10.3. The third-order valence-electron chi connectivity index (χ3n) is 4.65. The van der Waals surface area contributed by atoms with Gasteiger partial charge in [0.15, 0.2) is 0 Å². The highest BCUT2D eigenvalue weighted by molar-refractivity contribution is 7.99. The van der Waals surface area contributed by atoms with Crippen LogP contribution in [-0.2, 0) is 6.54 Å². The van der Waals surface area contributed by atoms with Crippen LogP contribution in [0.3, 0.4) is 0 Å². The van der Waals surface area contributed by atoms with Gasteiger partial charge in [0.25, 0.3) is 5.56 Å². The Hall–Kier alpha value is -2.49. The summed E-state index contributed by atoms with van der Waals surface area (Å²) >= 11 is 7.66. The number of fused-ring (bicyclic) bond motifs is 1. The number of hydrogen-bond donors (Lipinski definition) is 0. The molecule has 0 saturated carbocycles. The lowest BCUT2D eigenvalue weighted by atomic mass is 10.0. The summed E-state index contributed by atoms with van der Waals surface area (Å²) in [5, 5.41) is 1.75. The molecule has 3 aromatic carbocycles. The number of rotatable bonds is 4. The molecule has 0 fully saturated rings. The molecule has 0 saturated heterocycles. The largest absolute Gasteiger partial charge is 0.303 e. The number of nitrogens with zero attached hydrogens (tertiary/aromatic N) is 1. The minimum Gasteiger partial charge on any atom is -0.303 e. The van der Waals surface area contributed by atoms with E-state index in [1.54, 1.807) is 11.8 Å². The van der Waals surface area contributed by atoms with Crippen LogP contribution in [-0.4, -0.2) is 10.8 Å². The average molecular weight is 392 g/mol. The SMILES string of the molecule is CSc1c(-c2ccc(Cl)cc2)c(=O)n(Cc2ccccc2)c2ccccc12. The van der Waals surface area contributed by atoms with Gasteiger partial charge in [-0.1, -0.05) is 72.3 Å². The highest BCUT2D eigenvalue weighted by Crippen LogP contribution is 2.34. The van der Waals surface area contributed by atoms with Crippen LogP contribution in [0.5, 0.6) is 0 Å². The maximum absolute atomic E-state index is 13.6. The van der Waals surface area contributed by atoms with Crippen LogP contribution in [0.1, 0.15) is 5.56 Å². The lowest BCUT2D eigenvalue weighted by Crippen LogP contribution is -2.23. The molecule has 0 bridgehead atoms. The van der Waals surface area contributed by atoms with Crippen molar-refractivity contribution in [1.29, 1.82) is 0 Å². The van der Waals surface area contributed by atoms with Gasteiger partial charge in [0.1, 0.15) is 0 Å². The smallest absolute Gasteiger partial charge is 0.260 e. The van der Waals surface area contributed by atoms with Crippen molar-refractivity contribution >= 4 is 34.3 Å². The Morgan fingerprint density at radius 3 is 2.26 bits per heavy atom. The van der Waals surface area contributed by atoms with E-state index in [1.807, 2.05) is 83.6 Å². The third-order valence-corrected chi connectivity index (χ3v) is 5.73. The predicted octanol–water partition coefficient (Wildman–Crippen LogP) is 6.09. The first-order valence-electron chi connectivity index (χ1n) is 8.68. The van der Waals surface area contributed by atoms with Crippen LogP contribution in [0, 0.1) is 0 Å². The Balaban J connectivity index is 2.04. The van der Waals surface area contributed by atoms with E-state index < -0.39 is 0 Å². The maximum atomic E-state index is 13.6. The van der Waals surface area contributed by atoms with Crippen LogP contribution in [0.25, 0.3) is 22.0 Å². The number of hydrogen-bond acceptors (Lipinski definition) is 2. The zero-order valence-electron chi connectivity index (χ0n) is 14.9. The summed E-state index contributed by atoms with van der Waals surface area (Å²) in [5.41, 5.74) is 3.69. The molecular formula is C23H18ClNOS. The highest BCUT2D eigenvalue weighted by Gasteiger charge is 2.17. The van der Waals surface area contributed by atoms with Gasteiger partial charge in [-0.05, 0) is 35.6 Å². The van der Waals surface area contributed by atoms with Crippen molar-refractivity contribution < 1.29 is 0 Å². The summed E-state index contributed by atoms with van der Waals surface area (Å²) in [4.78, 5) is 14.6. The Morgan fingerprint density at radius 1 is 0.889 bits per heavy atom. The van der Waals surface area contributed by atoms with E-state index in [4.69, 9.17) is 11.6 Å². The minimum absolute atomic E-state index is 0.0178. The summed E-state index contributed by atoms with van der Waals surface area (Å²) in [6, 6.07) is 25.7. The quantitative estimate of drug-likeness (QED) is 0.392. The molecule has 0 unspecified atom stereocenters. The second-order valence-electron chi connectivity index (χ2n) is 6.31. The van der Waals surface area contributed by atoms with Gasteiger partial charge in [-0.3, -0.25) is 4.79 Å². The monoisotopic (exact) mass is 391 g/mol. The maximum Gasteiger partial charge on any atom is 0.260 e. The van der Waals surface area contributed by atoms with Crippen molar-refractivity contribution in [2.75, 3.05) is 6.26 Å². The number of halogens is 1. The van der Waals surface area contributed by atoms with E-state index in [0.29, 0.717) is 11.6 Å². The summed E-state index contributed by atoms with van der Waals surface area (Å²) in [6.07, 6.45) is 2.02. The molecule has 4 aromatic rings. The van der Waals surface area contributed by atoms with Crippen LogP contribution < -0.4 is 5.56 Å². The molecule has 0 N–H and O–H groups in total. The fourth-order valence-corrected chi connectivity index (χ4v) is 4.31. The normalized spacial score (nSPS) is 11.0. The molecule has 0 aliphatic carbocycles. The zero-order chi connectivity index (χ0) is 18.8. The second kappa shape index (κ2) is 7.63. The van der Waals surface area contributed by atoms with Crippen molar-refractivity contribution in [2.45, 2.75) is 11.4 Å². The number of pyridine rings is 1. The van der Waals surface area contributed by atoms with Crippen LogP contribution in [0.2, 0.25) is 5.02 Å². The van der Waals surface area contributed by atoms with E-state index in [2.05, 4.69) is 6.07 Å². The van der Waals surface area contributed by atoms with Gasteiger partial charge in [0, 0.05) is 15.3 Å². The molecule has 0 aliphatic rings. The van der Waals surface area contributed by atoms with Gasteiger partial charge in [0.2, 0.25) is 0 Å². The molecule has 1 heterocycles. The van der Waals surface area contributed by atoms with Crippen molar-refractivity contribution in [1.82, 2.24) is 4.57 Å². The number of benzene rings is 3. The molecule has 0 radical (unpaired) electrons. The Bertz CT molecular complexity index is 1150. The second-order valence-corrected chi connectivity index (χ2v) is 7.56. The molecule has 134 valence electrons. The lowest BCUT2D eigenvalue weighted by Gasteiger charge is -2.17. The van der Waals surface area contributed by atoms with Gasteiger partial charge < -0.3 is 4.57 Å². The summed E-state index contributed by atoms with van der Waals surface area (Å²) in [7, 11) is 0. The Morgan fingerprint density at radius 2 is 1.56 bits per heavy atom. The van der Waals surface area contributed by atoms with Crippen LogP contribution in [0.4, 0.5) is 0 Å². The molecule has 0 atom stereocenters. The predicted molar refractivity (Wildman–Crippen MR) is 116 cm³/mol. The molecule has 1 aromatic heterocycles. The van der Waals surface area contributed by atoms with E-state index in [9.17, 15) is 4.79 Å². The fourth-order valence-electron chi connectivity index (χ4n) is 3.38. The molecule has 0 amide bonds. The van der Waals surface area contributed by atoms with Crippen LogP contribution >= 0.6 is 23.4 Å². The number of para-hydroxylation sites is 1. The molecule has 2 nitrogen and oxygen atoms in total. The van der Waals surface area contributed by atoms with Crippen molar-refractivity contribution in [3.05, 3.63) is 99.8 Å². The Kier molecular flexibility index (Phi) is 5.06. The van der Waals surface area contributed by atoms with Gasteiger partial charge in [-0.15, -0.1) is 11.8 Å². The standard InChI is InChI=1S/C23H18ClNOS/c1-27-22-19-9-5-6-10-20(19)25(15-16-7-3-2-4-8-16)23(26)21(22)17-11-13-18(24)14-12-17/h2-14H,15H2,1H3. The molecular weight excluding hydrogens is 374 g/mol. The molecule has 4 rings (SSSR count). The van der Waals surface area contributed by atoms with Gasteiger partial charge in [0.05, 0.1) is 17.6 Å². The zero-order valence-corrected chi connectivity index (χ0v) is 16.4. The first-order chi connectivity index (χ1) is 13.2. The number of thioether (sulfide) groups is 1. The van der Waals surface area contributed by atoms with Crippen LogP contribution in [0.15, 0.2) is 88.6 Å². The first kappa shape index (κ1) is 17.9. The van der Waals surface area contributed by atoms with E-state index in [-0.39, 0.29) is 5.56 Å². The molecule has 0 spiro atoms. The van der Waals surface area contributed by atoms with Gasteiger partial charge in [-0.25, -0.2) is 0 Å². The lowest BCUT2D eigenvalue weighted by molar-refractivity contribution is 0.793. The van der Waals surface area contributed by atoms with Crippen molar-refractivity contribution in [3.8, 4) is 11.1 Å². The van der Waals surface area contributed by atoms with E-state index in [1.165, 1.54) is 0 Å². The van der Waals surface area contributed by atoms with Gasteiger partial charge >= 0.3 is 0 Å². The van der Waals surface area contributed by atoms with Crippen molar-refractivity contribution in [3.63, 3.8) is 0 Å². The minimum atomic E-state index is 0.0178. The molecule has 27 heavy (non-hydrogen) atoms. The third kappa shape index (κ3) is 3.41. The fraction of sp³-hybridized carbons (Fsp3) is 0.0870. The Labute approximate surface area is 167 Å². The van der Waals surface area contributed by atoms with E-state index in [0.717, 1.165) is 32.5 Å². The molecule has 4 heteroatoms. The van der Waals surface area contributed by atoms with E-state index >= 15 is 0 Å². The topological polar surface area (TPSA) is 22.0 Å². The average Bonchev–Trinajstić information content (AvgIpc) is 2.71. The number of aromatic nitrogens is 1. The van der Waals surface area contributed by atoms with Crippen molar-refractivity contribution in [2.24, 2.45) is 0 Å². The summed E-state index contributed by atoms with van der Waals surface area (Å²) in [5.74, 6) is 0. The highest BCUT2D eigenvalue weighted by atomic mass is 35.5. The molecule has 0 aliphatic heterocycles. The summed E-state index contributed by atoms with van der Waals surface area (Å²) in [6.45, 7) is 0.537.